The second-order valence-corrected chi connectivity index (χ2v) is 4.69. The largest absolute Gasteiger partial charge is 0.299 e. The molecule has 1 fully saturated rings. The van der Waals surface area contributed by atoms with E-state index >= 15 is 0 Å². The van der Waals surface area contributed by atoms with Crippen LogP contribution >= 0.6 is 0 Å². The smallest absolute Gasteiger partial charge is 0.0233 e. The van der Waals surface area contributed by atoms with Crippen molar-refractivity contribution in [3.63, 3.8) is 0 Å². The van der Waals surface area contributed by atoms with Gasteiger partial charge in [0.05, 0.1) is 0 Å². The monoisotopic (exact) mass is 223 g/mol. The Kier molecular flexibility index (Phi) is 2.93. The van der Waals surface area contributed by atoms with Gasteiger partial charge in [-0.3, -0.25) is 4.90 Å². The minimum Gasteiger partial charge on any atom is -0.299 e. The van der Waals surface area contributed by atoms with Crippen LogP contribution in [0.3, 0.4) is 0 Å². The van der Waals surface area contributed by atoms with Crippen molar-refractivity contribution < 1.29 is 0 Å². The zero-order valence-corrected chi connectivity index (χ0v) is 9.97. The van der Waals surface area contributed by atoms with E-state index < -0.39 is 0 Å². The highest BCUT2D eigenvalue weighted by atomic mass is 15.2. The maximum absolute atomic E-state index is 2.48. The Balaban J connectivity index is 1.75. The molecule has 1 heteroatoms. The normalized spacial score (nSPS) is 15.5. The number of hydrogen-bond acceptors (Lipinski definition) is 1. The molecule has 0 saturated carbocycles. The zero-order chi connectivity index (χ0) is 11.5. The van der Waals surface area contributed by atoms with Crippen LogP contribution in [0.15, 0.2) is 54.6 Å². The summed E-state index contributed by atoms with van der Waals surface area (Å²) in [4.78, 5) is 2.48. The maximum atomic E-state index is 2.48. The quantitative estimate of drug-likeness (QED) is 0.769. The predicted octanol–water partition coefficient (Wildman–Crippen LogP) is 3.56. The number of nitrogens with zero attached hydrogens (tertiary/aromatic N) is 1. The molecule has 0 aliphatic carbocycles. The molecule has 0 N–H and O–H groups in total. The highest BCUT2D eigenvalue weighted by Crippen LogP contribution is 2.20. The predicted molar refractivity (Wildman–Crippen MR) is 71.8 cm³/mol. The van der Waals surface area contributed by atoms with Crippen LogP contribution in [0.4, 0.5) is 0 Å². The van der Waals surface area contributed by atoms with E-state index in [1.165, 1.54) is 36.2 Å². The SMILES string of the molecule is c1ccc(-c2ccc(CN3CCC3)cc2)cc1. The lowest BCUT2D eigenvalue weighted by Crippen LogP contribution is -2.36. The van der Waals surface area contributed by atoms with Crippen molar-refractivity contribution in [2.24, 2.45) is 0 Å². The maximum Gasteiger partial charge on any atom is 0.0233 e. The average Bonchev–Trinajstić information content (AvgIpc) is 2.36. The van der Waals surface area contributed by atoms with Gasteiger partial charge in [-0.2, -0.15) is 0 Å². The molecule has 0 radical (unpaired) electrons. The summed E-state index contributed by atoms with van der Waals surface area (Å²) in [7, 11) is 0. The minimum absolute atomic E-state index is 1.11. The van der Waals surface area contributed by atoms with Crippen LogP contribution in [0.2, 0.25) is 0 Å². The third kappa shape index (κ3) is 2.40. The molecule has 1 nitrogen and oxygen atoms in total. The Morgan fingerprint density at radius 2 is 1.41 bits per heavy atom. The van der Waals surface area contributed by atoms with Crippen molar-refractivity contribution in [1.29, 1.82) is 0 Å². The van der Waals surface area contributed by atoms with Gasteiger partial charge in [0, 0.05) is 6.54 Å². The number of rotatable bonds is 3. The first-order chi connectivity index (χ1) is 8.42. The third-order valence-electron chi connectivity index (χ3n) is 3.42. The van der Waals surface area contributed by atoms with E-state index in [0.717, 1.165) is 6.54 Å². The van der Waals surface area contributed by atoms with Crippen molar-refractivity contribution in [1.82, 2.24) is 4.90 Å². The average molecular weight is 223 g/mol. The molecular formula is C16H17N. The number of hydrogen-bond donors (Lipinski definition) is 0. The van der Waals surface area contributed by atoms with E-state index in [0.29, 0.717) is 0 Å². The molecule has 0 unspecified atom stereocenters. The van der Waals surface area contributed by atoms with Gasteiger partial charge >= 0.3 is 0 Å². The summed E-state index contributed by atoms with van der Waals surface area (Å²) >= 11 is 0. The van der Waals surface area contributed by atoms with E-state index in [4.69, 9.17) is 0 Å². The first-order valence-electron chi connectivity index (χ1n) is 6.28. The van der Waals surface area contributed by atoms with Crippen LogP contribution in [0.5, 0.6) is 0 Å². The molecule has 0 aromatic heterocycles. The summed E-state index contributed by atoms with van der Waals surface area (Å²) in [5.41, 5.74) is 4.02. The fourth-order valence-corrected chi connectivity index (χ4v) is 2.23. The molecule has 1 aliphatic heterocycles. The molecule has 0 bridgehead atoms. The molecule has 0 atom stereocenters. The second kappa shape index (κ2) is 4.72. The van der Waals surface area contributed by atoms with Crippen LogP contribution in [0.1, 0.15) is 12.0 Å². The highest BCUT2D eigenvalue weighted by Gasteiger charge is 2.13. The summed E-state index contributed by atoms with van der Waals surface area (Å²) in [6.45, 7) is 3.63. The summed E-state index contributed by atoms with van der Waals surface area (Å²) in [5, 5.41) is 0. The lowest BCUT2D eigenvalue weighted by molar-refractivity contribution is 0.172. The van der Waals surface area contributed by atoms with E-state index in [2.05, 4.69) is 59.5 Å². The minimum atomic E-state index is 1.11. The van der Waals surface area contributed by atoms with Crippen molar-refractivity contribution >= 4 is 0 Å². The second-order valence-electron chi connectivity index (χ2n) is 4.69. The fraction of sp³-hybridized carbons (Fsp3) is 0.250. The van der Waals surface area contributed by atoms with Crippen molar-refractivity contribution in [2.45, 2.75) is 13.0 Å². The van der Waals surface area contributed by atoms with Crippen LogP contribution in [0.25, 0.3) is 11.1 Å². The van der Waals surface area contributed by atoms with Gasteiger partial charge in [0.25, 0.3) is 0 Å². The lowest BCUT2D eigenvalue weighted by Gasteiger charge is -2.30. The van der Waals surface area contributed by atoms with E-state index in [1.54, 1.807) is 0 Å². The van der Waals surface area contributed by atoms with Crippen molar-refractivity contribution in [3.05, 3.63) is 60.2 Å². The van der Waals surface area contributed by atoms with Crippen molar-refractivity contribution in [3.8, 4) is 11.1 Å². The number of likely N-dealkylation sites (tertiary alicyclic amines) is 1. The summed E-state index contributed by atoms with van der Waals surface area (Å²) in [5.74, 6) is 0. The van der Waals surface area contributed by atoms with Crippen LogP contribution in [0, 0.1) is 0 Å². The molecule has 1 saturated heterocycles. The van der Waals surface area contributed by atoms with Gasteiger partial charge < -0.3 is 0 Å². The van der Waals surface area contributed by atoms with Gasteiger partial charge in [-0.1, -0.05) is 54.6 Å². The Bertz CT molecular complexity index is 469. The van der Waals surface area contributed by atoms with Gasteiger partial charge in [0.15, 0.2) is 0 Å². The topological polar surface area (TPSA) is 3.24 Å². The molecule has 3 rings (SSSR count). The molecule has 86 valence electrons. The van der Waals surface area contributed by atoms with Gasteiger partial charge in [-0.25, -0.2) is 0 Å². The van der Waals surface area contributed by atoms with E-state index in [1.807, 2.05) is 0 Å². The molecular weight excluding hydrogens is 206 g/mol. The van der Waals surface area contributed by atoms with Crippen molar-refractivity contribution in [2.75, 3.05) is 13.1 Å². The zero-order valence-electron chi connectivity index (χ0n) is 9.97. The van der Waals surface area contributed by atoms with Gasteiger partial charge in [-0.15, -0.1) is 0 Å². The van der Waals surface area contributed by atoms with Gasteiger partial charge in [0.2, 0.25) is 0 Å². The van der Waals surface area contributed by atoms with Gasteiger partial charge in [0.1, 0.15) is 0 Å². The van der Waals surface area contributed by atoms with Crippen LogP contribution in [-0.2, 0) is 6.54 Å². The highest BCUT2D eigenvalue weighted by molar-refractivity contribution is 5.63. The third-order valence-corrected chi connectivity index (χ3v) is 3.42. The van der Waals surface area contributed by atoms with E-state index in [9.17, 15) is 0 Å². The molecule has 2 aromatic carbocycles. The van der Waals surface area contributed by atoms with Crippen LogP contribution < -0.4 is 0 Å². The molecule has 0 spiro atoms. The van der Waals surface area contributed by atoms with Gasteiger partial charge in [-0.05, 0) is 36.2 Å². The Hall–Kier alpha value is -1.60. The van der Waals surface area contributed by atoms with Crippen LogP contribution in [-0.4, -0.2) is 18.0 Å². The summed E-state index contributed by atoms with van der Waals surface area (Å²) < 4.78 is 0. The molecule has 0 amide bonds. The summed E-state index contributed by atoms with van der Waals surface area (Å²) in [6.07, 6.45) is 1.36. The first-order valence-corrected chi connectivity index (χ1v) is 6.28. The molecule has 1 aliphatic rings. The molecule has 2 aromatic rings. The lowest BCUT2D eigenvalue weighted by atomic mass is 10.0. The molecule has 1 heterocycles. The Labute approximate surface area is 103 Å². The summed E-state index contributed by atoms with van der Waals surface area (Å²) in [6, 6.07) is 19.5. The standard InChI is InChI=1S/C16H17N/c1-2-5-15(6-3-1)16-9-7-14(8-10-16)13-17-11-4-12-17/h1-3,5-10H,4,11-13H2. The fourth-order valence-electron chi connectivity index (χ4n) is 2.23. The number of benzene rings is 2. The Morgan fingerprint density at radius 3 is 2.00 bits per heavy atom. The Morgan fingerprint density at radius 1 is 0.765 bits per heavy atom. The van der Waals surface area contributed by atoms with E-state index in [-0.39, 0.29) is 0 Å². The first kappa shape index (κ1) is 10.5. The molecule has 17 heavy (non-hydrogen) atoms.